The second kappa shape index (κ2) is 14.9. The van der Waals surface area contributed by atoms with Gasteiger partial charge in [0.1, 0.15) is 5.75 Å². The zero-order valence-corrected chi connectivity index (χ0v) is 24.0. The third kappa shape index (κ3) is 8.24. The van der Waals surface area contributed by atoms with Gasteiger partial charge in [-0.15, -0.1) is 0 Å². The Morgan fingerprint density at radius 2 is 1.73 bits per heavy atom. The lowest BCUT2D eigenvalue weighted by Crippen LogP contribution is -2.25. The number of anilines is 4. The highest BCUT2D eigenvalue weighted by atomic mass is 16.5. The van der Waals surface area contributed by atoms with Crippen LogP contribution in [0, 0.1) is 20.8 Å². The van der Waals surface area contributed by atoms with Crippen LogP contribution in [0.1, 0.15) is 69.3 Å². The number of aromatic nitrogens is 2. The topological polar surface area (TPSA) is 62.3 Å². The molecule has 0 bridgehead atoms. The summed E-state index contributed by atoms with van der Waals surface area (Å²) in [5.41, 5.74) is 7.96. The predicted octanol–water partition coefficient (Wildman–Crippen LogP) is 8.28. The fraction of sp³-hybridized carbons (Fsp3) is 0.419. The maximum atomic E-state index is 5.70. The van der Waals surface area contributed by atoms with E-state index in [-0.39, 0.29) is 0 Å². The van der Waals surface area contributed by atoms with Gasteiger partial charge in [-0.1, -0.05) is 58.4 Å². The minimum atomic E-state index is 0.521. The van der Waals surface area contributed by atoms with Gasteiger partial charge in [-0.2, -0.15) is 0 Å². The summed E-state index contributed by atoms with van der Waals surface area (Å²) >= 11 is 0. The van der Waals surface area contributed by atoms with Crippen molar-refractivity contribution in [2.24, 2.45) is 0 Å². The molecular formula is C31H45N5O. The van der Waals surface area contributed by atoms with Crippen molar-refractivity contribution < 1.29 is 4.74 Å². The summed E-state index contributed by atoms with van der Waals surface area (Å²) in [5, 5.41) is 6.70. The highest BCUT2D eigenvalue weighted by Gasteiger charge is 2.12. The Morgan fingerprint density at radius 3 is 2.38 bits per heavy atom. The van der Waals surface area contributed by atoms with Crippen molar-refractivity contribution in [2.45, 2.75) is 67.7 Å². The predicted molar refractivity (Wildman–Crippen MR) is 160 cm³/mol. The van der Waals surface area contributed by atoms with Crippen LogP contribution in [0.15, 0.2) is 49.2 Å². The lowest BCUT2D eigenvalue weighted by molar-refractivity contribution is 0.416. The second-order valence-corrected chi connectivity index (χ2v) is 8.96. The van der Waals surface area contributed by atoms with Crippen molar-refractivity contribution in [3.8, 4) is 5.75 Å². The molecule has 0 unspecified atom stereocenters. The molecule has 200 valence electrons. The Bertz CT molecular complexity index is 1160. The van der Waals surface area contributed by atoms with E-state index >= 15 is 0 Å². The Kier molecular flexibility index (Phi) is 11.9. The van der Waals surface area contributed by atoms with E-state index in [1.807, 2.05) is 26.8 Å². The summed E-state index contributed by atoms with van der Waals surface area (Å²) in [6.45, 7) is 20.9. The molecule has 0 saturated carbocycles. The van der Waals surface area contributed by atoms with Gasteiger partial charge in [0.25, 0.3) is 0 Å². The molecule has 0 aliphatic rings. The Hall–Kier alpha value is -3.54. The average Bonchev–Trinajstić information content (AvgIpc) is 2.90. The van der Waals surface area contributed by atoms with Crippen LogP contribution in [0.4, 0.5) is 23.0 Å². The van der Waals surface area contributed by atoms with E-state index in [1.54, 1.807) is 13.3 Å². The molecule has 0 aliphatic carbocycles. The zero-order chi connectivity index (χ0) is 27.4. The number of hydrogen-bond acceptors (Lipinski definition) is 6. The first kappa shape index (κ1) is 29.7. The SMILES string of the molecule is C=C(Nc1cnc(Nc2ccc(N(CCC)CCCC)cc2OC)nc1C)c1cc(C)ccc1C.CC. The summed E-state index contributed by atoms with van der Waals surface area (Å²) < 4.78 is 5.70. The van der Waals surface area contributed by atoms with Crippen LogP contribution in [0.2, 0.25) is 0 Å². The van der Waals surface area contributed by atoms with Crippen molar-refractivity contribution in [3.05, 3.63) is 71.6 Å². The normalized spacial score (nSPS) is 10.3. The number of methoxy groups -OCH3 is 1. The number of rotatable bonds is 12. The molecule has 0 saturated heterocycles. The number of ether oxygens (including phenoxy) is 1. The van der Waals surface area contributed by atoms with Crippen LogP contribution >= 0.6 is 0 Å². The molecule has 37 heavy (non-hydrogen) atoms. The largest absolute Gasteiger partial charge is 0.494 e. The van der Waals surface area contributed by atoms with Crippen LogP contribution in [0.3, 0.4) is 0 Å². The molecule has 0 spiro atoms. The lowest BCUT2D eigenvalue weighted by Gasteiger charge is -2.25. The van der Waals surface area contributed by atoms with Gasteiger partial charge in [0.05, 0.1) is 30.4 Å². The van der Waals surface area contributed by atoms with Gasteiger partial charge in [-0.25, -0.2) is 9.97 Å². The molecular weight excluding hydrogens is 458 g/mol. The third-order valence-corrected chi connectivity index (χ3v) is 6.05. The van der Waals surface area contributed by atoms with Crippen LogP contribution in [0.25, 0.3) is 5.70 Å². The molecule has 1 aromatic heterocycles. The Morgan fingerprint density at radius 1 is 0.973 bits per heavy atom. The highest BCUT2D eigenvalue weighted by molar-refractivity contribution is 5.78. The van der Waals surface area contributed by atoms with Gasteiger partial charge >= 0.3 is 0 Å². The van der Waals surface area contributed by atoms with Crippen molar-refractivity contribution in [2.75, 3.05) is 35.7 Å². The first-order chi connectivity index (χ1) is 17.9. The van der Waals surface area contributed by atoms with Crippen molar-refractivity contribution >= 4 is 28.7 Å². The molecule has 0 atom stereocenters. The van der Waals surface area contributed by atoms with Crippen molar-refractivity contribution in [1.82, 2.24) is 9.97 Å². The molecule has 0 fully saturated rings. The van der Waals surface area contributed by atoms with Crippen molar-refractivity contribution in [3.63, 3.8) is 0 Å². The number of nitrogens with zero attached hydrogens (tertiary/aromatic N) is 3. The average molecular weight is 504 g/mol. The Balaban J connectivity index is 0.00000235. The van der Waals surface area contributed by atoms with Crippen LogP contribution < -0.4 is 20.3 Å². The molecule has 6 nitrogen and oxygen atoms in total. The quantitative estimate of drug-likeness (QED) is 0.259. The van der Waals surface area contributed by atoms with Gasteiger partial charge in [-0.05, 0) is 57.4 Å². The molecule has 3 rings (SSSR count). The number of aryl methyl sites for hydroxylation is 3. The molecule has 2 N–H and O–H groups in total. The minimum absolute atomic E-state index is 0.521. The van der Waals surface area contributed by atoms with Gasteiger partial charge in [-0.3, -0.25) is 0 Å². The summed E-state index contributed by atoms with van der Waals surface area (Å²) in [6, 6.07) is 12.6. The van der Waals surface area contributed by atoms with Crippen LogP contribution in [-0.2, 0) is 0 Å². The lowest BCUT2D eigenvalue weighted by atomic mass is 10.0. The molecule has 3 aromatic rings. The molecule has 0 radical (unpaired) electrons. The third-order valence-electron chi connectivity index (χ3n) is 6.05. The maximum Gasteiger partial charge on any atom is 0.227 e. The number of benzene rings is 2. The first-order valence-corrected chi connectivity index (χ1v) is 13.4. The maximum absolute atomic E-state index is 5.70. The summed E-state index contributed by atoms with van der Waals surface area (Å²) in [7, 11) is 1.69. The van der Waals surface area contributed by atoms with Crippen molar-refractivity contribution in [1.29, 1.82) is 0 Å². The summed E-state index contributed by atoms with van der Waals surface area (Å²) in [5.74, 6) is 1.29. The molecule has 1 heterocycles. The molecule has 2 aromatic carbocycles. The molecule has 0 amide bonds. The van der Waals surface area contributed by atoms with Gasteiger partial charge in [0, 0.05) is 36.1 Å². The summed E-state index contributed by atoms with van der Waals surface area (Å²) in [6.07, 6.45) is 5.24. The van der Waals surface area contributed by atoms with Crippen LogP contribution in [0.5, 0.6) is 5.75 Å². The van der Waals surface area contributed by atoms with E-state index in [1.165, 1.54) is 29.7 Å². The van der Waals surface area contributed by atoms with Gasteiger partial charge < -0.3 is 20.3 Å². The minimum Gasteiger partial charge on any atom is -0.494 e. The zero-order valence-electron chi connectivity index (χ0n) is 24.0. The molecule has 0 aliphatic heterocycles. The van der Waals surface area contributed by atoms with Crippen LogP contribution in [-0.4, -0.2) is 30.2 Å². The Labute approximate surface area is 224 Å². The first-order valence-electron chi connectivity index (χ1n) is 13.4. The smallest absolute Gasteiger partial charge is 0.227 e. The van der Waals surface area contributed by atoms with E-state index < -0.39 is 0 Å². The van der Waals surface area contributed by atoms with E-state index in [9.17, 15) is 0 Å². The van der Waals surface area contributed by atoms with E-state index in [2.05, 4.69) is 90.1 Å². The molecule has 6 heteroatoms. The standard InChI is InChI=1S/C29H39N5O.C2H6/c1-8-10-16-34(15-9-2)24-13-14-26(28(18-24)35-7)33-29-30-19-27(23(6)32-29)31-22(5)25-17-20(3)11-12-21(25)4;1-2/h11-14,17-19,31H,5,8-10,15-16H2,1-4,6-7H3,(H,30,32,33);1-2H3. The monoisotopic (exact) mass is 503 g/mol. The number of unbranched alkanes of at least 4 members (excludes halogenated alkanes) is 1. The fourth-order valence-corrected chi connectivity index (χ4v) is 4.03. The van der Waals surface area contributed by atoms with Gasteiger partial charge in [0.15, 0.2) is 0 Å². The number of hydrogen-bond donors (Lipinski definition) is 2. The van der Waals surface area contributed by atoms with E-state index in [0.29, 0.717) is 5.95 Å². The van der Waals surface area contributed by atoms with E-state index in [4.69, 9.17) is 4.74 Å². The highest BCUT2D eigenvalue weighted by Crippen LogP contribution is 2.32. The second-order valence-electron chi connectivity index (χ2n) is 8.96. The summed E-state index contributed by atoms with van der Waals surface area (Å²) in [4.78, 5) is 11.6. The fourth-order valence-electron chi connectivity index (χ4n) is 4.03. The number of nitrogens with one attached hydrogen (secondary N) is 2. The van der Waals surface area contributed by atoms with Gasteiger partial charge in [0.2, 0.25) is 5.95 Å². The van der Waals surface area contributed by atoms with E-state index in [0.717, 1.165) is 53.6 Å².